The predicted molar refractivity (Wildman–Crippen MR) is 67.2 cm³/mol. The lowest BCUT2D eigenvalue weighted by atomic mass is 10.2. The minimum Gasteiger partial charge on any atom is -0.264 e. The highest BCUT2D eigenvalue weighted by Gasteiger charge is 2.32. The van der Waals surface area contributed by atoms with Crippen molar-refractivity contribution in [2.45, 2.75) is 12.8 Å². The molecule has 1 saturated carbocycles. The number of carbonyl (C=O) groups excluding carboxylic acids is 1. The zero-order valence-corrected chi connectivity index (χ0v) is 9.78. The minimum absolute atomic E-state index is 0.292. The van der Waals surface area contributed by atoms with E-state index in [0.29, 0.717) is 12.5 Å². The molecule has 0 atom stereocenters. The van der Waals surface area contributed by atoms with Crippen LogP contribution < -0.4 is 5.43 Å². The lowest BCUT2D eigenvalue weighted by Gasteiger charge is -2.21. The number of rotatable bonds is 3. The van der Waals surface area contributed by atoms with E-state index in [4.69, 9.17) is 0 Å². The Morgan fingerprint density at radius 3 is 3.11 bits per heavy atom. The van der Waals surface area contributed by atoms with E-state index in [2.05, 4.69) is 20.6 Å². The van der Waals surface area contributed by atoms with Crippen LogP contribution in [0.3, 0.4) is 0 Å². The van der Waals surface area contributed by atoms with Crippen molar-refractivity contribution in [1.29, 1.82) is 0 Å². The summed E-state index contributed by atoms with van der Waals surface area (Å²) in [4.78, 5) is 15.6. The first-order valence-electron chi connectivity index (χ1n) is 5.91. The Bertz CT molecular complexity index is 506. The SMILES string of the molecule is O=C1NN=C(C2CC2)CN1N=Cc1cccnc1. The number of hydrogen-bond acceptors (Lipinski definition) is 4. The second kappa shape index (κ2) is 4.56. The number of amides is 2. The van der Waals surface area contributed by atoms with Crippen LogP contribution in [0.25, 0.3) is 0 Å². The first kappa shape index (κ1) is 10.9. The van der Waals surface area contributed by atoms with Gasteiger partial charge in [0.15, 0.2) is 0 Å². The van der Waals surface area contributed by atoms with Crippen LogP contribution in [0, 0.1) is 5.92 Å². The summed E-state index contributed by atoms with van der Waals surface area (Å²) in [7, 11) is 0. The fraction of sp³-hybridized carbons (Fsp3) is 0.333. The highest BCUT2D eigenvalue weighted by atomic mass is 16.2. The lowest BCUT2D eigenvalue weighted by molar-refractivity contribution is 0.204. The van der Waals surface area contributed by atoms with E-state index in [9.17, 15) is 4.79 Å². The summed E-state index contributed by atoms with van der Waals surface area (Å²) in [5.74, 6) is 0.529. The van der Waals surface area contributed by atoms with Crippen LogP contribution in [0.15, 0.2) is 34.7 Å². The summed E-state index contributed by atoms with van der Waals surface area (Å²) < 4.78 is 0. The molecule has 1 N–H and O–H groups in total. The molecule has 0 radical (unpaired) electrons. The monoisotopic (exact) mass is 243 g/mol. The van der Waals surface area contributed by atoms with Gasteiger partial charge < -0.3 is 0 Å². The average Bonchev–Trinajstić information content (AvgIpc) is 3.23. The molecule has 1 aliphatic heterocycles. The van der Waals surface area contributed by atoms with Crippen LogP contribution in [-0.2, 0) is 0 Å². The number of aromatic nitrogens is 1. The molecule has 3 rings (SSSR count). The van der Waals surface area contributed by atoms with Crippen LogP contribution in [0.2, 0.25) is 0 Å². The molecule has 6 nitrogen and oxygen atoms in total. The van der Waals surface area contributed by atoms with Crippen molar-refractivity contribution < 1.29 is 4.79 Å². The summed E-state index contributed by atoms with van der Waals surface area (Å²) >= 11 is 0. The maximum atomic E-state index is 11.6. The lowest BCUT2D eigenvalue weighted by Crippen LogP contribution is -2.43. The standard InChI is InChI=1S/C12H13N5O/c18-12-16-15-11(10-3-4-10)8-17(12)14-7-9-2-1-5-13-6-9/h1-2,5-7,10H,3-4,8H2,(H,16,18). The topological polar surface area (TPSA) is 70.0 Å². The van der Waals surface area contributed by atoms with E-state index in [1.807, 2.05) is 12.1 Å². The number of carbonyl (C=O) groups is 1. The fourth-order valence-electron chi connectivity index (χ4n) is 1.76. The number of nitrogens with zero attached hydrogens (tertiary/aromatic N) is 4. The highest BCUT2D eigenvalue weighted by molar-refractivity contribution is 5.96. The minimum atomic E-state index is -0.292. The molecule has 92 valence electrons. The van der Waals surface area contributed by atoms with Crippen molar-refractivity contribution in [3.8, 4) is 0 Å². The normalized spacial score (nSPS) is 19.9. The molecule has 0 aromatic carbocycles. The van der Waals surface area contributed by atoms with E-state index >= 15 is 0 Å². The highest BCUT2D eigenvalue weighted by Crippen LogP contribution is 2.31. The molecule has 1 fully saturated rings. The van der Waals surface area contributed by atoms with Gasteiger partial charge in [-0.15, -0.1) is 0 Å². The first-order valence-corrected chi connectivity index (χ1v) is 5.91. The maximum Gasteiger partial charge on any atom is 0.358 e. The van der Waals surface area contributed by atoms with Crippen LogP contribution in [0.1, 0.15) is 18.4 Å². The molecule has 0 saturated heterocycles. The molecule has 6 heteroatoms. The van der Waals surface area contributed by atoms with Crippen molar-refractivity contribution in [3.05, 3.63) is 30.1 Å². The predicted octanol–water partition coefficient (Wildman–Crippen LogP) is 1.21. The van der Waals surface area contributed by atoms with Gasteiger partial charge in [0.2, 0.25) is 0 Å². The molecule has 2 amide bonds. The van der Waals surface area contributed by atoms with Crippen LogP contribution in [0.5, 0.6) is 0 Å². The Kier molecular flexibility index (Phi) is 2.76. The molecule has 0 unspecified atom stereocenters. The summed E-state index contributed by atoms with van der Waals surface area (Å²) in [5.41, 5.74) is 4.36. The second-order valence-corrected chi connectivity index (χ2v) is 4.38. The van der Waals surface area contributed by atoms with E-state index in [-0.39, 0.29) is 6.03 Å². The van der Waals surface area contributed by atoms with Gasteiger partial charge in [-0.2, -0.15) is 10.2 Å². The zero-order chi connectivity index (χ0) is 12.4. The van der Waals surface area contributed by atoms with Gasteiger partial charge >= 0.3 is 6.03 Å². The average molecular weight is 243 g/mol. The first-order chi connectivity index (χ1) is 8.83. The fourth-order valence-corrected chi connectivity index (χ4v) is 1.76. The molecule has 18 heavy (non-hydrogen) atoms. The van der Waals surface area contributed by atoms with E-state index in [1.165, 1.54) is 5.01 Å². The number of nitrogens with one attached hydrogen (secondary N) is 1. The molecule has 2 heterocycles. The number of pyridine rings is 1. The summed E-state index contributed by atoms with van der Waals surface area (Å²) in [5, 5.41) is 9.63. The van der Waals surface area contributed by atoms with E-state index in [1.54, 1.807) is 18.6 Å². The van der Waals surface area contributed by atoms with Gasteiger partial charge in [-0.1, -0.05) is 6.07 Å². The van der Waals surface area contributed by atoms with Gasteiger partial charge in [0.1, 0.15) is 0 Å². The molecule has 0 spiro atoms. The quantitative estimate of drug-likeness (QED) is 0.810. The van der Waals surface area contributed by atoms with Crippen molar-refractivity contribution in [1.82, 2.24) is 15.4 Å². The van der Waals surface area contributed by atoms with Gasteiger partial charge in [0.25, 0.3) is 0 Å². The van der Waals surface area contributed by atoms with Crippen LogP contribution in [0.4, 0.5) is 4.79 Å². The Morgan fingerprint density at radius 1 is 1.50 bits per heavy atom. The Hall–Kier alpha value is -2.24. The molecule has 1 aromatic heterocycles. The van der Waals surface area contributed by atoms with Gasteiger partial charge in [-0.3, -0.25) is 4.98 Å². The van der Waals surface area contributed by atoms with Gasteiger partial charge in [-0.25, -0.2) is 15.2 Å². The van der Waals surface area contributed by atoms with Gasteiger partial charge in [0.05, 0.1) is 18.5 Å². The number of hydrazone groups is 2. The van der Waals surface area contributed by atoms with E-state index in [0.717, 1.165) is 24.1 Å². The Labute approximate surface area is 104 Å². The maximum absolute atomic E-state index is 11.6. The van der Waals surface area contributed by atoms with Crippen molar-refractivity contribution in [3.63, 3.8) is 0 Å². The molecule has 1 aliphatic carbocycles. The third-order valence-electron chi connectivity index (χ3n) is 2.92. The van der Waals surface area contributed by atoms with Gasteiger partial charge in [-0.05, 0) is 18.9 Å². The number of urea groups is 1. The summed E-state index contributed by atoms with van der Waals surface area (Å²) in [6.07, 6.45) is 7.34. The Morgan fingerprint density at radius 2 is 2.39 bits per heavy atom. The van der Waals surface area contributed by atoms with Crippen molar-refractivity contribution in [2.75, 3.05) is 6.54 Å². The molecule has 2 aliphatic rings. The Balaban J connectivity index is 1.70. The summed E-state index contributed by atoms with van der Waals surface area (Å²) in [6, 6.07) is 3.42. The smallest absolute Gasteiger partial charge is 0.264 e. The zero-order valence-electron chi connectivity index (χ0n) is 9.78. The van der Waals surface area contributed by atoms with Crippen molar-refractivity contribution in [2.24, 2.45) is 16.1 Å². The number of hydrogen-bond donors (Lipinski definition) is 1. The molecular weight excluding hydrogens is 230 g/mol. The molecule has 0 bridgehead atoms. The second-order valence-electron chi connectivity index (χ2n) is 4.38. The molecular formula is C12H13N5O. The largest absolute Gasteiger partial charge is 0.358 e. The van der Waals surface area contributed by atoms with Gasteiger partial charge in [0, 0.05) is 23.9 Å². The third-order valence-corrected chi connectivity index (χ3v) is 2.92. The third kappa shape index (κ3) is 2.37. The van der Waals surface area contributed by atoms with Crippen molar-refractivity contribution >= 4 is 18.0 Å². The summed E-state index contributed by atoms with van der Waals surface area (Å²) in [6.45, 7) is 0.479. The van der Waals surface area contributed by atoms with Crippen LogP contribution >= 0.6 is 0 Å². The molecule has 1 aromatic rings. The van der Waals surface area contributed by atoms with E-state index < -0.39 is 0 Å². The van der Waals surface area contributed by atoms with Crippen LogP contribution in [-0.4, -0.2) is 34.5 Å².